The summed E-state index contributed by atoms with van der Waals surface area (Å²) in [5.74, 6) is 0. The Balaban J connectivity index is 2.08. The maximum atomic E-state index is 10.1. The fourth-order valence-corrected chi connectivity index (χ4v) is 5.05. The molecule has 130 valence electrons. The van der Waals surface area contributed by atoms with E-state index in [4.69, 9.17) is 34.9 Å². The second kappa shape index (κ2) is 7.31. The van der Waals surface area contributed by atoms with E-state index in [1.165, 1.54) is 7.11 Å². The van der Waals surface area contributed by atoms with E-state index >= 15 is 0 Å². The van der Waals surface area contributed by atoms with Crippen molar-refractivity contribution in [2.45, 2.75) is 43.7 Å². The van der Waals surface area contributed by atoms with E-state index in [9.17, 15) is 10.2 Å². The molecule has 10 heteroatoms. The van der Waals surface area contributed by atoms with Crippen molar-refractivity contribution in [3.63, 3.8) is 0 Å². The van der Waals surface area contributed by atoms with Gasteiger partial charge in [0.1, 0.15) is 18.3 Å². The van der Waals surface area contributed by atoms with Crippen molar-refractivity contribution >= 4 is 31.2 Å². The van der Waals surface area contributed by atoms with Gasteiger partial charge in [0.15, 0.2) is 6.29 Å². The third-order valence-electron chi connectivity index (χ3n) is 3.53. The molecule has 5 atom stereocenters. The van der Waals surface area contributed by atoms with Gasteiger partial charge < -0.3 is 33.3 Å². The third-order valence-corrected chi connectivity index (χ3v) is 6.41. The SMILES string of the molecule is CO[C@H]1O[C@H](CO)[C@@H](OP2(=S)OCC(C)(C)CO2)[C@@H](S)[C@@H]1O. The van der Waals surface area contributed by atoms with E-state index in [0.717, 1.165) is 0 Å². The second-order valence-electron chi connectivity index (χ2n) is 6.17. The van der Waals surface area contributed by atoms with Gasteiger partial charge in [-0.3, -0.25) is 0 Å². The lowest BCUT2D eigenvalue weighted by Crippen LogP contribution is -2.57. The number of rotatable bonds is 4. The molecule has 2 heterocycles. The van der Waals surface area contributed by atoms with Gasteiger partial charge in [-0.2, -0.15) is 12.6 Å². The number of ether oxygens (including phenoxy) is 2. The second-order valence-corrected chi connectivity index (χ2v) is 9.73. The number of hydrogen-bond donors (Lipinski definition) is 3. The maximum absolute atomic E-state index is 10.1. The molecule has 0 bridgehead atoms. The van der Waals surface area contributed by atoms with Crippen molar-refractivity contribution in [1.82, 2.24) is 0 Å². The zero-order valence-corrected chi connectivity index (χ0v) is 15.4. The minimum absolute atomic E-state index is 0.133. The Bertz CT molecular complexity index is 420. The minimum Gasteiger partial charge on any atom is -0.394 e. The first-order chi connectivity index (χ1) is 10.2. The van der Waals surface area contributed by atoms with Gasteiger partial charge in [-0.25, -0.2) is 0 Å². The molecule has 2 saturated heterocycles. The fraction of sp³-hybridized carbons (Fsp3) is 1.00. The van der Waals surface area contributed by atoms with Gasteiger partial charge in [-0.05, 0) is 11.8 Å². The van der Waals surface area contributed by atoms with Gasteiger partial charge in [0.25, 0.3) is 0 Å². The highest BCUT2D eigenvalue weighted by atomic mass is 32.5. The number of aliphatic hydroxyl groups is 2. The summed E-state index contributed by atoms with van der Waals surface area (Å²) in [5.41, 5.74) is -0.133. The van der Waals surface area contributed by atoms with Crippen LogP contribution in [-0.2, 0) is 34.9 Å². The molecule has 0 aromatic carbocycles. The van der Waals surface area contributed by atoms with Crippen LogP contribution in [-0.4, -0.2) is 67.0 Å². The van der Waals surface area contributed by atoms with E-state index in [-0.39, 0.29) is 12.0 Å². The monoisotopic (exact) mass is 374 g/mol. The van der Waals surface area contributed by atoms with Crippen molar-refractivity contribution < 1.29 is 33.3 Å². The molecule has 7 nitrogen and oxygen atoms in total. The summed E-state index contributed by atoms with van der Waals surface area (Å²) < 4.78 is 27.5. The zero-order chi connectivity index (χ0) is 16.5. The van der Waals surface area contributed by atoms with Gasteiger partial charge in [-0.1, -0.05) is 13.8 Å². The molecule has 2 rings (SSSR count). The first-order valence-corrected chi connectivity index (χ1v) is 10.0. The zero-order valence-electron chi connectivity index (χ0n) is 12.7. The number of aliphatic hydroxyl groups excluding tert-OH is 2. The summed E-state index contributed by atoms with van der Waals surface area (Å²) in [6.07, 6.45) is -3.41. The fourth-order valence-electron chi connectivity index (χ4n) is 2.17. The Morgan fingerprint density at radius 2 is 1.95 bits per heavy atom. The smallest absolute Gasteiger partial charge is 0.327 e. The molecule has 0 aromatic heterocycles. The maximum Gasteiger partial charge on any atom is 0.327 e. The van der Waals surface area contributed by atoms with Crippen molar-refractivity contribution in [3.05, 3.63) is 0 Å². The molecule has 0 saturated carbocycles. The number of thiol groups is 1. The van der Waals surface area contributed by atoms with E-state index in [0.29, 0.717) is 13.2 Å². The summed E-state index contributed by atoms with van der Waals surface area (Å²) in [7, 11) is 1.40. The van der Waals surface area contributed by atoms with E-state index < -0.39 is 36.6 Å². The lowest BCUT2D eigenvalue weighted by Gasteiger charge is -2.44. The van der Waals surface area contributed by atoms with Crippen molar-refractivity contribution in [3.8, 4) is 0 Å². The minimum atomic E-state index is -2.96. The average molecular weight is 374 g/mol. The Hall–Kier alpha value is 0.720. The van der Waals surface area contributed by atoms with Crippen LogP contribution in [0.3, 0.4) is 0 Å². The van der Waals surface area contributed by atoms with Gasteiger partial charge >= 0.3 is 6.72 Å². The Morgan fingerprint density at radius 3 is 2.45 bits per heavy atom. The Morgan fingerprint density at radius 1 is 1.36 bits per heavy atom. The summed E-state index contributed by atoms with van der Waals surface area (Å²) in [6.45, 7) is 1.55. The molecule has 2 aliphatic heterocycles. The third kappa shape index (κ3) is 4.22. The summed E-state index contributed by atoms with van der Waals surface area (Å²) in [5, 5.41) is 19.0. The topological polar surface area (TPSA) is 86.6 Å². The molecule has 2 N–H and O–H groups in total. The van der Waals surface area contributed by atoms with Gasteiger partial charge in [0.2, 0.25) is 0 Å². The quantitative estimate of drug-likeness (QED) is 0.490. The Labute approximate surface area is 140 Å². The lowest BCUT2D eigenvalue weighted by atomic mass is 9.97. The van der Waals surface area contributed by atoms with Gasteiger partial charge in [0.05, 0.1) is 25.1 Å². The molecule has 0 spiro atoms. The molecule has 22 heavy (non-hydrogen) atoms. The normalized spacial score (nSPS) is 41.3. The van der Waals surface area contributed by atoms with Crippen molar-refractivity contribution in [2.24, 2.45) is 5.41 Å². The van der Waals surface area contributed by atoms with Crippen LogP contribution in [0.15, 0.2) is 0 Å². The van der Waals surface area contributed by atoms with Crippen LogP contribution in [0, 0.1) is 5.41 Å². The van der Waals surface area contributed by atoms with Crippen LogP contribution in [0.25, 0.3) is 0 Å². The molecule has 0 aromatic rings. The van der Waals surface area contributed by atoms with E-state index in [1.807, 2.05) is 13.8 Å². The van der Waals surface area contributed by atoms with Crippen LogP contribution in [0.4, 0.5) is 0 Å². The summed E-state index contributed by atoms with van der Waals surface area (Å²) in [6, 6.07) is 0. The average Bonchev–Trinajstić information content (AvgIpc) is 2.48. The standard InChI is InChI=1S/C12H23O7PS2/c1-12(2)5-16-20(22,17-6-12)19-9-7(4-13)18-11(15-3)8(14)10(9)21/h7-11,13-14,21H,4-6H2,1-3H3/t7-,8+,9-,10+,11+/m1/s1. The number of hydrogen-bond acceptors (Lipinski definition) is 9. The molecule has 0 unspecified atom stereocenters. The molecular weight excluding hydrogens is 351 g/mol. The van der Waals surface area contributed by atoms with Crippen LogP contribution in [0.1, 0.15) is 13.8 Å². The first kappa shape index (κ1) is 19.1. The van der Waals surface area contributed by atoms with Crippen molar-refractivity contribution in [1.29, 1.82) is 0 Å². The van der Waals surface area contributed by atoms with Crippen molar-refractivity contribution in [2.75, 3.05) is 26.9 Å². The molecule has 0 radical (unpaired) electrons. The summed E-state index contributed by atoms with van der Waals surface area (Å²) >= 11 is 9.71. The Kier molecular flexibility index (Phi) is 6.33. The molecule has 2 aliphatic rings. The summed E-state index contributed by atoms with van der Waals surface area (Å²) in [4.78, 5) is 0. The first-order valence-electron chi connectivity index (χ1n) is 6.94. The van der Waals surface area contributed by atoms with E-state index in [1.54, 1.807) is 0 Å². The molecular formula is C12H23O7PS2. The molecule has 0 aliphatic carbocycles. The highest BCUT2D eigenvalue weighted by Crippen LogP contribution is 2.57. The highest BCUT2D eigenvalue weighted by Gasteiger charge is 2.48. The van der Waals surface area contributed by atoms with Crippen LogP contribution < -0.4 is 0 Å². The highest BCUT2D eigenvalue weighted by molar-refractivity contribution is 8.07. The largest absolute Gasteiger partial charge is 0.394 e. The van der Waals surface area contributed by atoms with Crippen LogP contribution in [0.5, 0.6) is 0 Å². The van der Waals surface area contributed by atoms with Crippen LogP contribution >= 0.6 is 19.3 Å². The van der Waals surface area contributed by atoms with Crippen LogP contribution in [0.2, 0.25) is 0 Å². The predicted octanol–water partition coefficient (Wildman–Crippen LogP) is 0.692. The van der Waals surface area contributed by atoms with Gasteiger partial charge in [-0.15, -0.1) is 0 Å². The lowest BCUT2D eigenvalue weighted by molar-refractivity contribution is -0.256. The number of methoxy groups -OCH3 is 1. The molecule has 2 fully saturated rings. The van der Waals surface area contributed by atoms with E-state index in [2.05, 4.69) is 12.6 Å². The predicted molar refractivity (Wildman–Crippen MR) is 86.4 cm³/mol. The molecule has 0 amide bonds. The van der Waals surface area contributed by atoms with Gasteiger partial charge in [0, 0.05) is 12.5 Å².